The lowest BCUT2D eigenvalue weighted by atomic mass is 10.3. The number of aldehydes is 1. The molecule has 19 heavy (non-hydrogen) atoms. The Labute approximate surface area is 111 Å². The van der Waals surface area contributed by atoms with Gasteiger partial charge in [0.2, 0.25) is 0 Å². The van der Waals surface area contributed by atoms with Crippen LogP contribution in [0.5, 0.6) is 0 Å². The zero-order valence-electron chi connectivity index (χ0n) is 10.5. The van der Waals surface area contributed by atoms with Crippen LogP contribution in [0.15, 0.2) is 19.8 Å². The summed E-state index contributed by atoms with van der Waals surface area (Å²) in [7, 11) is 3.24. The summed E-state index contributed by atoms with van der Waals surface area (Å²) in [5.41, 5.74) is -0.627. The summed E-state index contributed by atoms with van der Waals surface area (Å²) in [5, 5.41) is 7.29. The largest absolute Gasteiger partial charge is 0.339 e. The molecule has 1 N–H and O–H groups in total. The van der Waals surface area contributed by atoms with Crippen molar-refractivity contribution >= 4 is 18.0 Å². The predicted octanol–water partition coefficient (Wildman–Crippen LogP) is -0.526. The van der Waals surface area contributed by atoms with E-state index in [-0.39, 0.29) is 5.16 Å². The van der Waals surface area contributed by atoms with Crippen molar-refractivity contribution in [1.82, 2.24) is 24.5 Å². The molecule has 2 heterocycles. The van der Waals surface area contributed by atoms with Gasteiger partial charge in [0, 0.05) is 14.1 Å². The zero-order valence-corrected chi connectivity index (χ0v) is 11.3. The van der Waals surface area contributed by atoms with Gasteiger partial charge in [-0.25, -0.2) is 0 Å². The number of carbonyl (C=O) groups excluding carboxylic acids is 1. The van der Waals surface area contributed by atoms with Crippen LogP contribution in [-0.4, -0.2) is 30.8 Å². The molecule has 2 aromatic rings. The second-order valence-electron chi connectivity index (χ2n) is 3.85. The summed E-state index contributed by atoms with van der Waals surface area (Å²) in [6, 6.07) is 0. The third-order valence-corrected chi connectivity index (χ3v) is 3.69. The molecule has 0 aliphatic rings. The number of H-pyrrole nitrogens is 1. The molecule has 100 valence electrons. The summed E-state index contributed by atoms with van der Waals surface area (Å²) in [6.07, 6.45) is 0.703. The molecule has 0 aromatic carbocycles. The summed E-state index contributed by atoms with van der Waals surface area (Å²) >= 11 is 1.09. The van der Waals surface area contributed by atoms with Crippen molar-refractivity contribution < 1.29 is 4.79 Å². The molecule has 0 fully saturated rings. The van der Waals surface area contributed by atoms with Crippen LogP contribution in [0.25, 0.3) is 0 Å². The predicted molar refractivity (Wildman–Crippen MR) is 67.6 cm³/mol. The Kier molecular flexibility index (Phi) is 3.38. The standard InChI is InChI=1S/C10H11N5O3S/c1-5-6(4-16)9(14(2)12-5)19-10-11-7(17)8(18)13-15(10)3/h4H,1-3H3,(H,13,18). The maximum absolute atomic E-state index is 11.3. The summed E-state index contributed by atoms with van der Waals surface area (Å²) in [5.74, 6) is 0. The van der Waals surface area contributed by atoms with E-state index in [2.05, 4.69) is 15.2 Å². The van der Waals surface area contributed by atoms with Gasteiger partial charge in [-0.1, -0.05) is 0 Å². The molecule has 2 aromatic heterocycles. The summed E-state index contributed by atoms with van der Waals surface area (Å²) < 4.78 is 2.85. The van der Waals surface area contributed by atoms with Crippen LogP contribution < -0.4 is 11.1 Å². The number of aromatic amines is 1. The highest BCUT2D eigenvalue weighted by Crippen LogP contribution is 2.28. The minimum absolute atomic E-state index is 0.274. The molecule has 8 nitrogen and oxygen atoms in total. The van der Waals surface area contributed by atoms with Crippen molar-refractivity contribution in [3.05, 3.63) is 32.0 Å². The van der Waals surface area contributed by atoms with Gasteiger partial charge in [0.15, 0.2) is 11.4 Å². The van der Waals surface area contributed by atoms with Gasteiger partial charge in [0.1, 0.15) is 5.03 Å². The highest BCUT2D eigenvalue weighted by Gasteiger charge is 2.16. The van der Waals surface area contributed by atoms with Crippen molar-refractivity contribution in [1.29, 1.82) is 0 Å². The van der Waals surface area contributed by atoms with Crippen LogP contribution in [0, 0.1) is 6.92 Å². The SMILES string of the molecule is Cc1nn(C)c(Sc2nc(=O)c(=O)[nH]n2C)c1C=O. The molecule has 0 radical (unpaired) electrons. The first-order valence-corrected chi connectivity index (χ1v) is 6.09. The van der Waals surface area contributed by atoms with Crippen molar-refractivity contribution in [3.63, 3.8) is 0 Å². The van der Waals surface area contributed by atoms with E-state index < -0.39 is 11.1 Å². The van der Waals surface area contributed by atoms with E-state index in [1.165, 1.54) is 9.36 Å². The fourth-order valence-corrected chi connectivity index (χ4v) is 2.51. The Morgan fingerprint density at radius 2 is 2.00 bits per heavy atom. The molecular formula is C10H11N5O3S. The van der Waals surface area contributed by atoms with E-state index >= 15 is 0 Å². The van der Waals surface area contributed by atoms with Crippen molar-refractivity contribution in [2.45, 2.75) is 17.1 Å². The van der Waals surface area contributed by atoms with E-state index in [1.807, 2.05) is 0 Å². The van der Waals surface area contributed by atoms with Crippen LogP contribution in [0.2, 0.25) is 0 Å². The van der Waals surface area contributed by atoms with Gasteiger partial charge in [0.25, 0.3) is 0 Å². The Hall–Kier alpha value is -2.16. The third kappa shape index (κ3) is 2.36. The minimum Gasteiger partial charge on any atom is -0.298 e. The van der Waals surface area contributed by atoms with E-state index in [9.17, 15) is 14.4 Å². The summed E-state index contributed by atoms with van der Waals surface area (Å²) in [4.78, 5) is 37.1. The average Bonchev–Trinajstić information content (AvgIpc) is 2.60. The second kappa shape index (κ2) is 4.84. The van der Waals surface area contributed by atoms with Crippen LogP contribution in [-0.2, 0) is 14.1 Å². The Morgan fingerprint density at radius 3 is 2.63 bits per heavy atom. The molecule has 0 amide bonds. The molecule has 0 unspecified atom stereocenters. The number of nitrogens with one attached hydrogen (secondary N) is 1. The molecule has 0 saturated heterocycles. The van der Waals surface area contributed by atoms with Gasteiger partial charge in [-0.3, -0.25) is 28.8 Å². The Balaban J connectivity index is 2.53. The van der Waals surface area contributed by atoms with E-state index in [4.69, 9.17) is 0 Å². The fraction of sp³-hybridized carbons (Fsp3) is 0.300. The molecule has 0 atom stereocenters. The summed E-state index contributed by atoms with van der Waals surface area (Å²) in [6.45, 7) is 1.72. The highest BCUT2D eigenvalue weighted by atomic mass is 32.2. The number of hydrogen-bond donors (Lipinski definition) is 1. The second-order valence-corrected chi connectivity index (χ2v) is 4.80. The molecule has 0 aliphatic heterocycles. The van der Waals surface area contributed by atoms with E-state index in [0.29, 0.717) is 22.6 Å². The Morgan fingerprint density at radius 1 is 1.32 bits per heavy atom. The zero-order chi connectivity index (χ0) is 14.2. The maximum Gasteiger partial charge on any atom is 0.339 e. The maximum atomic E-state index is 11.3. The molecule has 0 aliphatic carbocycles. The molecule has 2 rings (SSSR count). The van der Waals surface area contributed by atoms with Crippen LogP contribution in [0.4, 0.5) is 0 Å². The number of aryl methyl sites for hydroxylation is 3. The normalized spacial score (nSPS) is 10.7. The molecule has 0 bridgehead atoms. The molecule has 0 spiro atoms. The van der Waals surface area contributed by atoms with Gasteiger partial charge in [0.05, 0.1) is 11.3 Å². The van der Waals surface area contributed by atoms with Crippen LogP contribution in [0.3, 0.4) is 0 Å². The lowest BCUT2D eigenvalue weighted by Crippen LogP contribution is -2.33. The topological polar surface area (TPSA) is 103 Å². The average molecular weight is 281 g/mol. The molecular weight excluding hydrogens is 270 g/mol. The Bertz CT molecular complexity index is 758. The lowest BCUT2D eigenvalue weighted by molar-refractivity contribution is 0.112. The van der Waals surface area contributed by atoms with Gasteiger partial charge < -0.3 is 0 Å². The van der Waals surface area contributed by atoms with E-state index in [1.54, 1.807) is 21.0 Å². The van der Waals surface area contributed by atoms with Crippen LogP contribution in [0.1, 0.15) is 16.1 Å². The fourth-order valence-electron chi connectivity index (χ4n) is 1.55. The minimum atomic E-state index is -0.868. The first-order chi connectivity index (χ1) is 8.93. The number of carbonyl (C=O) groups is 1. The third-order valence-electron chi connectivity index (χ3n) is 2.47. The molecule has 9 heteroatoms. The van der Waals surface area contributed by atoms with Crippen LogP contribution >= 0.6 is 11.8 Å². The first-order valence-electron chi connectivity index (χ1n) is 5.28. The monoisotopic (exact) mass is 281 g/mol. The number of hydrogen-bond acceptors (Lipinski definition) is 6. The smallest absolute Gasteiger partial charge is 0.298 e. The quantitative estimate of drug-likeness (QED) is 0.599. The highest BCUT2D eigenvalue weighted by molar-refractivity contribution is 7.99. The van der Waals surface area contributed by atoms with Gasteiger partial charge in [-0.2, -0.15) is 10.1 Å². The van der Waals surface area contributed by atoms with E-state index in [0.717, 1.165) is 11.8 Å². The van der Waals surface area contributed by atoms with Crippen molar-refractivity contribution in [3.8, 4) is 0 Å². The van der Waals surface area contributed by atoms with Crippen molar-refractivity contribution in [2.75, 3.05) is 0 Å². The molecule has 0 saturated carbocycles. The van der Waals surface area contributed by atoms with Gasteiger partial charge in [-0.15, -0.1) is 0 Å². The van der Waals surface area contributed by atoms with Crippen molar-refractivity contribution in [2.24, 2.45) is 14.1 Å². The van der Waals surface area contributed by atoms with Gasteiger partial charge in [-0.05, 0) is 18.7 Å². The number of rotatable bonds is 3. The number of nitrogens with zero attached hydrogens (tertiary/aromatic N) is 4. The number of aromatic nitrogens is 5. The first kappa shape index (κ1) is 13.3. The van der Waals surface area contributed by atoms with Gasteiger partial charge >= 0.3 is 11.1 Å². The lowest BCUT2D eigenvalue weighted by Gasteiger charge is -2.06.